The molecule has 0 amide bonds. The first-order valence-corrected chi connectivity index (χ1v) is 14.1. The Morgan fingerprint density at radius 2 is 1.81 bits per heavy atom. The summed E-state index contributed by atoms with van der Waals surface area (Å²) in [6.07, 6.45) is -1.43. The third-order valence-electron chi connectivity index (χ3n) is 8.08. The SMILES string of the molecule is COc1ccc2oc(C(O)C(C(C)C)N3CCC(C(=O)OCc4ccccc4)[C@]3(C(=O)O)C(=O)[C@@H](N)C(C)C)nc2c1. The van der Waals surface area contributed by atoms with E-state index in [4.69, 9.17) is 19.6 Å². The van der Waals surface area contributed by atoms with Crippen LogP contribution in [0.3, 0.4) is 0 Å². The van der Waals surface area contributed by atoms with Gasteiger partial charge in [0.25, 0.3) is 0 Å². The Morgan fingerprint density at radius 1 is 1.12 bits per heavy atom. The van der Waals surface area contributed by atoms with Crippen LogP contribution in [0, 0.1) is 17.8 Å². The molecule has 1 fully saturated rings. The van der Waals surface area contributed by atoms with Gasteiger partial charge in [-0.15, -0.1) is 0 Å². The summed E-state index contributed by atoms with van der Waals surface area (Å²) < 4.78 is 16.7. The zero-order valence-electron chi connectivity index (χ0n) is 24.5. The monoisotopic (exact) mass is 581 g/mol. The van der Waals surface area contributed by atoms with E-state index in [1.54, 1.807) is 70.2 Å². The molecule has 0 spiro atoms. The minimum atomic E-state index is -2.39. The van der Waals surface area contributed by atoms with Crippen molar-refractivity contribution in [3.63, 3.8) is 0 Å². The smallest absolute Gasteiger partial charge is 0.332 e. The second-order valence-electron chi connectivity index (χ2n) is 11.4. The van der Waals surface area contributed by atoms with E-state index in [1.165, 1.54) is 12.0 Å². The van der Waals surface area contributed by atoms with E-state index in [-0.39, 0.29) is 25.5 Å². The normalized spacial score (nSPS) is 21.4. The number of nitrogens with two attached hydrogens (primary N) is 1. The highest BCUT2D eigenvalue weighted by atomic mass is 16.5. The fourth-order valence-electron chi connectivity index (χ4n) is 5.82. The van der Waals surface area contributed by atoms with Crippen molar-refractivity contribution < 1.29 is 38.5 Å². The van der Waals surface area contributed by atoms with Crippen LogP contribution in [0.25, 0.3) is 11.1 Å². The molecule has 3 aromatic rings. The van der Waals surface area contributed by atoms with Gasteiger partial charge in [-0.05, 0) is 36.0 Å². The summed E-state index contributed by atoms with van der Waals surface area (Å²) in [5.41, 5.74) is 5.47. The molecule has 0 aliphatic carbocycles. The van der Waals surface area contributed by atoms with E-state index >= 15 is 0 Å². The first-order chi connectivity index (χ1) is 19.9. The molecule has 3 unspecified atom stereocenters. The molecule has 0 bridgehead atoms. The van der Waals surface area contributed by atoms with Crippen LogP contribution in [0.2, 0.25) is 0 Å². The number of rotatable bonds is 12. The molecule has 1 aromatic heterocycles. The molecule has 2 aromatic carbocycles. The molecule has 4 rings (SSSR count). The molecule has 11 heteroatoms. The zero-order valence-corrected chi connectivity index (χ0v) is 24.5. The molecule has 2 heterocycles. The number of nitrogens with zero attached hydrogens (tertiary/aromatic N) is 2. The Morgan fingerprint density at radius 3 is 2.40 bits per heavy atom. The highest BCUT2D eigenvalue weighted by molar-refractivity contribution is 6.13. The van der Waals surface area contributed by atoms with Crippen LogP contribution in [-0.4, -0.2) is 69.1 Å². The van der Waals surface area contributed by atoms with Gasteiger partial charge in [0, 0.05) is 18.7 Å². The number of carbonyl (C=O) groups excluding carboxylic acids is 2. The number of aliphatic carboxylic acids is 1. The molecular formula is C31H39N3O8. The highest BCUT2D eigenvalue weighted by Crippen LogP contribution is 2.44. The van der Waals surface area contributed by atoms with Crippen LogP contribution in [0.15, 0.2) is 52.9 Å². The Kier molecular flexibility index (Phi) is 9.34. The lowest BCUT2D eigenvalue weighted by molar-refractivity contribution is -0.173. The summed E-state index contributed by atoms with van der Waals surface area (Å²) in [5.74, 6) is -4.83. The van der Waals surface area contributed by atoms with Gasteiger partial charge < -0.3 is 29.8 Å². The van der Waals surface area contributed by atoms with Crippen molar-refractivity contribution >= 4 is 28.8 Å². The van der Waals surface area contributed by atoms with E-state index in [2.05, 4.69) is 4.98 Å². The van der Waals surface area contributed by atoms with E-state index < -0.39 is 59.2 Å². The molecule has 1 aliphatic heterocycles. The number of carbonyl (C=O) groups is 3. The molecular weight excluding hydrogens is 542 g/mol. The molecule has 5 atom stereocenters. The lowest BCUT2D eigenvalue weighted by Gasteiger charge is -2.44. The minimum absolute atomic E-state index is 0.0111. The quantitative estimate of drug-likeness (QED) is 0.212. The van der Waals surface area contributed by atoms with Gasteiger partial charge in [0.2, 0.25) is 5.89 Å². The summed E-state index contributed by atoms with van der Waals surface area (Å²) in [5, 5.41) is 22.5. The second kappa shape index (κ2) is 12.6. The van der Waals surface area contributed by atoms with Crippen LogP contribution in [0.4, 0.5) is 0 Å². The molecule has 0 saturated carbocycles. The molecule has 4 N–H and O–H groups in total. The fourth-order valence-corrected chi connectivity index (χ4v) is 5.82. The van der Waals surface area contributed by atoms with Crippen LogP contribution < -0.4 is 10.5 Å². The number of hydrogen-bond acceptors (Lipinski definition) is 10. The number of ketones is 1. The van der Waals surface area contributed by atoms with Crippen molar-refractivity contribution in [2.45, 2.75) is 64.4 Å². The maximum Gasteiger partial charge on any atom is 0.332 e. The lowest BCUT2D eigenvalue weighted by Crippen LogP contribution is -2.69. The maximum absolute atomic E-state index is 14.2. The first kappa shape index (κ1) is 31.1. The van der Waals surface area contributed by atoms with Gasteiger partial charge in [0.05, 0.1) is 19.1 Å². The number of oxazole rings is 1. The number of aliphatic hydroxyl groups is 1. The lowest BCUT2D eigenvalue weighted by atomic mass is 9.75. The summed E-state index contributed by atoms with van der Waals surface area (Å²) in [6, 6.07) is 11.8. The number of hydrogen-bond donors (Lipinski definition) is 3. The Balaban J connectivity index is 1.77. The summed E-state index contributed by atoms with van der Waals surface area (Å²) in [7, 11) is 1.52. The predicted molar refractivity (Wildman–Crippen MR) is 153 cm³/mol. The third-order valence-corrected chi connectivity index (χ3v) is 8.08. The van der Waals surface area contributed by atoms with Gasteiger partial charge in [-0.1, -0.05) is 58.0 Å². The van der Waals surface area contributed by atoms with Crippen LogP contribution in [0.1, 0.15) is 51.7 Å². The van der Waals surface area contributed by atoms with E-state index in [9.17, 15) is 24.6 Å². The highest BCUT2D eigenvalue weighted by Gasteiger charge is 2.66. The first-order valence-electron chi connectivity index (χ1n) is 14.1. The van der Waals surface area contributed by atoms with Crippen LogP contribution in [-0.2, 0) is 25.7 Å². The topological polar surface area (TPSA) is 165 Å². The minimum Gasteiger partial charge on any atom is -0.497 e. The van der Waals surface area contributed by atoms with Crippen LogP contribution in [0.5, 0.6) is 5.75 Å². The predicted octanol–water partition coefficient (Wildman–Crippen LogP) is 3.34. The fraction of sp³-hybridized carbons (Fsp3) is 0.484. The van der Waals surface area contributed by atoms with Gasteiger partial charge in [-0.2, -0.15) is 0 Å². The average molecular weight is 582 g/mol. The zero-order chi connectivity index (χ0) is 30.8. The molecule has 11 nitrogen and oxygen atoms in total. The number of esters is 1. The van der Waals surface area contributed by atoms with Gasteiger partial charge >= 0.3 is 11.9 Å². The number of Topliss-reactive ketones (excluding diaryl/α,β-unsaturated/α-hetero) is 1. The van der Waals surface area contributed by atoms with Crippen molar-refractivity contribution in [3.8, 4) is 5.75 Å². The molecule has 1 aliphatic rings. The van der Waals surface area contributed by atoms with Gasteiger partial charge in [-0.25, -0.2) is 9.78 Å². The van der Waals surface area contributed by atoms with Crippen molar-refractivity contribution in [1.82, 2.24) is 9.88 Å². The Labute approximate surface area is 244 Å². The third kappa shape index (κ3) is 5.64. The van der Waals surface area contributed by atoms with Crippen molar-refractivity contribution in [3.05, 3.63) is 60.0 Å². The number of ether oxygens (including phenoxy) is 2. The summed E-state index contributed by atoms with van der Waals surface area (Å²) in [6.45, 7) is 6.93. The van der Waals surface area contributed by atoms with Crippen molar-refractivity contribution in [2.24, 2.45) is 23.5 Å². The number of fused-ring (bicyclic) bond motifs is 1. The molecule has 42 heavy (non-hydrogen) atoms. The number of benzene rings is 2. The van der Waals surface area contributed by atoms with E-state index in [0.29, 0.717) is 16.8 Å². The van der Waals surface area contributed by atoms with E-state index in [1.807, 2.05) is 6.07 Å². The number of carboxylic acid groups (broad SMARTS) is 1. The number of aromatic nitrogens is 1. The van der Waals surface area contributed by atoms with Crippen molar-refractivity contribution in [1.29, 1.82) is 0 Å². The Bertz CT molecular complexity index is 1420. The molecule has 226 valence electrons. The standard InChI is InChI=1S/C31H39N3O8/c1-17(2)24(32)27(36)31(30(38)39)21(29(37)41-16-19-9-7-6-8-10-19)13-14-34(31)25(18(3)4)26(35)28-33-22-15-20(40-5)11-12-23(22)42-28/h6-12,15,17-18,21,24-26,35H,13-14,16,32H2,1-5H3,(H,38,39)/t21?,24-,25?,26?,31+/m0/s1. The number of carboxylic acids is 1. The average Bonchev–Trinajstić information content (AvgIpc) is 3.58. The number of methoxy groups -OCH3 is 1. The largest absolute Gasteiger partial charge is 0.497 e. The summed E-state index contributed by atoms with van der Waals surface area (Å²) in [4.78, 5) is 46.9. The Hall–Kier alpha value is -3.80. The molecule has 1 saturated heterocycles. The van der Waals surface area contributed by atoms with Gasteiger partial charge in [0.1, 0.15) is 24.0 Å². The van der Waals surface area contributed by atoms with Gasteiger partial charge in [0.15, 0.2) is 16.9 Å². The molecule has 0 radical (unpaired) electrons. The van der Waals surface area contributed by atoms with Crippen molar-refractivity contribution in [2.75, 3.05) is 13.7 Å². The van der Waals surface area contributed by atoms with Crippen LogP contribution >= 0.6 is 0 Å². The maximum atomic E-state index is 14.2. The number of aliphatic hydroxyl groups excluding tert-OH is 1. The number of likely N-dealkylation sites (tertiary alicyclic amines) is 1. The second-order valence-corrected chi connectivity index (χ2v) is 11.4. The van der Waals surface area contributed by atoms with Gasteiger partial charge in [-0.3, -0.25) is 14.5 Å². The summed E-state index contributed by atoms with van der Waals surface area (Å²) >= 11 is 0. The van der Waals surface area contributed by atoms with E-state index in [0.717, 1.165) is 5.56 Å².